The van der Waals surface area contributed by atoms with Crippen LogP contribution in [0.25, 0.3) is 10.2 Å². The van der Waals surface area contributed by atoms with E-state index in [1.807, 2.05) is 18.2 Å². The number of fused-ring (bicyclic) bond motifs is 1. The van der Waals surface area contributed by atoms with Gasteiger partial charge >= 0.3 is 0 Å². The minimum atomic E-state index is -3.56. The van der Waals surface area contributed by atoms with Crippen molar-refractivity contribution < 1.29 is 13.2 Å². The number of piperidine rings is 1. The van der Waals surface area contributed by atoms with E-state index >= 15 is 0 Å². The Labute approximate surface area is 202 Å². The van der Waals surface area contributed by atoms with Crippen molar-refractivity contribution in [2.45, 2.75) is 23.6 Å². The summed E-state index contributed by atoms with van der Waals surface area (Å²) < 4.78 is 31.7. The van der Waals surface area contributed by atoms with E-state index in [1.165, 1.54) is 27.0 Å². The third-order valence-electron chi connectivity index (χ3n) is 5.19. The van der Waals surface area contributed by atoms with Crippen molar-refractivity contribution in [2.24, 2.45) is 10.9 Å². The zero-order valence-electron chi connectivity index (χ0n) is 16.9. The molecule has 0 radical (unpaired) electrons. The Morgan fingerprint density at radius 1 is 1.35 bits per heavy atom. The van der Waals surface area contributed by atoms with E-state index in [-0.39, 0.29) is 12.5 Å². The zero-order chi connectivity index (χ0) is 22.0. The lowest BCUT2D eigenvalue weighted by Gasteiger charge is -2.29. The largest absolute Gasteiger partial charge is 0.316 e. The second-order valence-corrected chi connectivity index (χ2v) is 13.2. The first-order chi connectivity index (χ1) is 14.9. The number of carbonyl (C=O) groups is 1. The predicted molar refractivity (Wildman–Crippen MR) is 132 cm³/mol. The molecule has 0 aliphatic carbocycles. The first-order valence-electron chi connectivity index (χ1n) is 9.80. The van der Waals surface area contributed by atoms with Crippen molar-refractivity contribution in [2.75, 3.05) is 25.1 Å². The number of thioether (sulfide) groups is 1. The lowest BCUT2D eigenvalue weighted by atomic mass is 9.99. The monoisotopic (exact) mass is 559 g/mol. The van der Waals surface area contributed by atoms with Crippen molar-refractivity contribution in [3.8, 4) is 0 Å². The van der Waals surface area contributed by atoms with Gasteiger partial charge < -0.3 is 4.57 Å². The minimum absolute atomic E-state index is 0.184. The SMILES string of the molecule is CSCCn1c(=NC(=O)C2CCCN(S(=O)(=O)c3cccs3)C2)sc2cc(Br)ccc21. The number of amides is 1. The summed E-state index contributed by atoms with van der Waals surface area (Å²) in [7, 11) is -3.56. The van der Waals surface area contributed by atoms with Gasteiger partial charge in [0.1, 0.15) is 4.21 Å². The number of hydrogen-bond acceptors (Lipinski definition) is 6. The molecule has 11 heteroatoms. The minimum Gasteiger partial charge on any atom is -0.316 e. The number of carbonyl (C=O) groups excluding carboxylic acids is 1. The maximum atomic E-state index is 13.1. The van der Waals surface area contributed by atoms with Gasteiger partial charge in [-0.3, -0.25) is 4.79 Å². The van der Waals surface area contributed by atoms with Gasteiger partial charge in [0.05, 0.1) is 16.1 Å². The van der Waals surface area contributed by atoms with Crippen LogP contribution in [0.2, 0.25) is 0 Å². The predicted octanol–water partition coefficient (Wildman–Crippen LogP) is 4.42. The second-order valence-electron chi connectivity index (χ2n) is 7.23. The smallest absolute Gasteiger partial charge is 0.252 e. The molecule has 1 aromatic carbocycles. The molecule has 1 atom stereocenters. The normalized spacial score (nSPS) is 18.6. The molecule has 1 aliphatic heterocycles. The molecule has 31 heavy (non-hydrogen) atoms. The molecule has 1 unspecified atom stereocenters. The van der Waals surface area contributed by atoms with Crippen molar-refractivity contribution in [1.29, 1.82) is 0 Å². The Morgan fingerprint density at radius 2 is 2.19 bits per heavy atom. The van der Waals surface area contributed by atoms with E-state index in [0.29, 0.717) is 28.4 Å². The van der Waals surface area contributed by atoms with Crippen LogP contribution in [-0.2, 0) is 21.4 Å². The second kappa shape index (κ2) is 9.88. The number of thiazole rings is 1. The average Bonchev–Trinajstić information content (AvgIpc) is 3.41. The molecule has 4 rings (SSSR count). The van der Waals surface area contributed by atoms with Gasteiger partial charge in [-0.1, -0.05) is 33.3 Å². The summed E-state index contributed by atoms with van der Waals surface area (Å²) in [5, 5.41) is 1.75. The molecule has 3 heterocycles. The van der Waals surface area contributed by atoms with Gasteiger partial charge in [-0.25, -0.2) is 8.42 Å². The summed E-state index contributed by atoms with van der Waals surface area (Å²) in [5.74, 6) is 0.253. The van der Waals surface area contributed by atoms with E-state index in [0.717, 1.165) is 27.0 Å². The molecule has 2 aromatic heterocycles. The van der Waals surface area contributed by atoms with Gasteiger partial charge in [-0.2, -0.15) is 21.1 Å². The molecule has 0 bridgehead atoms. The van der Waals surface area contributed by atoms with E-state index in [1.54, 1.807) is 29.3 Å². The molecule has 1 amide bonds. The van der Waals surface area contributed by atoms with Crippen LogP contribution in [0.15, 0.2) is 49.4 Å². The van der Waals surface area contributed by atoms with Crippen LogP contribution in [0.4, 0.5) is 0 Å². The number of nitrogens with zero attached hydrogens (tertiary/aromatic N) is 3. The summed E-state index contributed by atoms with van der Waals surface area (Å²) in [4.78, 5) is 18.2. The van der Waals surface area contributed by atoms with E-state index < -0.39 is 15.9 Å². The van der Waals surface area contributed by atoms with Crippen molar-refractivity contribution in [1.82, 2.24) is 8.87 Å². The number of halogens is 1. The molecular formula is C20H22BrN3O3S4. The lowest BCUT2D eigenvalue weighted by molar-refractivity contribution is -0.122. The highest BCUT2D eigenvalue weighted by molar-refractivity contribution is 9.10. The van der Waals surface area contributed by atoms with Crippen molar-refractivity contribution in [3.63, 3.8) is 0 Å². The Kier molecular flexibility index (Phi) is 7.39. The van der Waals surface area contributed by atoms with Crippen molar-refractivity contribution >= 4 is 76.5 Å². The molecule has 166 valence electrons. The Hall–Kier alpha value is -0.980. The van der Waals surface area contributed by atoms with Crippen LogP contribution in [0.1, 0.15) is 12.8 Å². The number of thiophene rings is 1. The van der Waals surface area contributed by atoms with Gasteiger partial charge in [-0.15, -0.1) is 11.3 Å². The molecule has 1 fully saturated rings. The Bertz CT molecular complexity index is 1250. The molecule has 0 N–H and O–H groups in total. The number of sulfonamides is 1. The molecular weight excluding hydrogens is 538 g/mol. The summed E-state index contributed by atoms with van der Waals surface area (Å²) in [6.07, 6.45) is 3.36. The number of rotatable bonds is 6. The highest BCUT2D eigenvalue weighted by Crippen LogP contribution is 2.27. The third-order valence-corrected chi connectivity index (χ3v) is 10.6. The molecule has 1 saturated heterocycles. The van der Waals surface area contributed by atoms with Gasteiger partial charge in [-0.05, 0) is 48.7 Å². The van der Waals surface area contributed by atoms with Crippen LogP contribution >= 0.6 is 50.4 Å². The van der Waals surface area contributed by atoms with Gasteiger partial charge in [0.15, 0.2) is 4.80 Å². The van der Waals surface area contributed by atoms with E-state index in [4.69, 9.17) is 0 Å². The van der Waals surface area contributed by atoms with E-state index in [2.05, 4.69) is 31.7 Å². The average molecular weight is 561 g/mol. The summed E-state index contributed by atoms with van der Waals surface area (Å²) in [6, 6.07) is 9.40. The van der Waals surface area contributed by atoms with Crippen LogP contribution in [0.5, 0.6) is 0 Å². The molecule has 1 aliphatic rings. The number of benzene rings is 1. The molecule has 0 saturated carbocycles. The summed E-state index contributed by atoms with van der Waals surface area (Å²) in [5.41, 5.74) is 1.05. The fraction of sp³-hybridized carbons (Fsp3) is 0.400. The van der Waals surface area contributed by atoms with Gasteiger partial charge in [0.2, 0.25) is 0 Å². The van der Waals surface area contributed by atoms with Crippen LogP contribution in [-0.4, -0.2) is 48.3 Å². The Morgan fingerprint density at radius 3 is 2.94 bits per heavy atom. The highest BCUT2D eigenvalue weighted by atomic mass is 79.9. The zero-order valence-corrected chi connectivity index (χ0v) is 21.7. The van der Waals surface area contributed by atoms with Crippen LogP contribution in [0.3, 0.4) is 0 Å². The van der Waals surface area contributed by atoms with Crippen LogP contribution < -0.4 is 4.80 Å². The maximum Gasteiger partial charge on any atom is 0.252 e. The number of hydrogen-bond donors (Lipinski definition) is 0. The molecule has 0 spiro atoms. The van der Waals surface area contributed by atoms with E-state index in [9.17, 15) is 13.2 Å². The highest BCUT2D eigenvalue weighted by Gasteiger charge is 2.33. The van der Waals surface area contributed by atoms with Gasteiger partial charge in [0.25, 0.3) is 15.9 Å². The quantitative estimate of drug-likeness (QED) is 0.448. The first-order valence-corrected chi connectivity index (χ1v) is 15.1. The number of aryl methyl sites for hydroxylation is 1. The molecule has 6 nitrogen and oxygen atoms in total. The standard InChI is InChI=1S/C20H22BrN3O3S4/c1-28-11-9-24-16-7-6-15(21)12-17(16)30-20(24)22-19(25)14-4-2-8-23(13-14)31(26,27)18-5-3-10-29-18/h3,5-7,10,12,14H,2,4,8-9,11,13H2,1H3. The lowest BCUT2D eigenvalue weighted by Crippen LogP contribution is -2.42. The van der Waals surface area contributed by atoms with Crippen LogP contribution in [0, 0.1) is 5.92 Å². The molecule has 3 aromatic rings. The number of aromatic nitrogens is 1. The fourth-order valence-electron chi connectivity index (χ4n) is 3.62. The van der Waals surface area contributed by atoms with Gasteiger partial charge in [0, 0.05) is 29.9 Å². The van der Waals surface area contributed by atoms with Crippen molar-refractivity contribution in [3.05, 3.63) is 45.0 Å². The Balaban J connectivity index is 1.63. The fourth-order valence-corrected chi connectivity index (χ4v) is 8.26. The maximum absolute atomic E-state index is 13.1. The summed E-state index contributed by atoms with van der Waals surface area (Å²) in [6.45, 7) is 1.39. The topological polar surface area (TPSA) is 71.7 Å². The first kappa shape index (κ1) is 23.2. The summed E-state index contributed by atoms with van der Waals surface area (Å²) >= 11 is 7.95. The third kappa shape index (κ3) is 5.01.